The molecule has 1 saturated carbocycles. The van der Waals surface area contributed by atoms with E-state index in [-0.39, 0.29) is 17.7 Å². The molecule has 1 aliphatic carbocycles. The van der Waals surface area contributed by atoms with Crippen molar-refractivity contribution >= 4 is 33.4 Å². The van der Waals surface area contributed by atoms with Gasteiger partial charge in [0, 0.05) is 32.1 Å². The van der Waals surface area contributed by atoms with Gasteiger partial charge in [-0.05, 0) is 32.1 Å². The molecule has 0 spiro atoms. The summed E-state index contributed by atoms with van der Waals surface area (Å²) in [5.41, 5.74) is 0. The zero-order valence-electron chi connectivity index (χ0n) is 14.4. The van der Waals surface area contributed by atoms with Crippen LogP contribution in [0, 0.1) is 5.92 Å². The van der Waals surface area contributed by atoms with Crippen LogP contribution in [-0.2, 0) is 9.59 Å². The fraction of sp³-hybridized carbons (Fsp3) is 0.765. The van der Waals surface area contributed by atoms with Crippen LogP contribution >= 0.6 is 11.3 Å². The summed E-state index contributed by atoms with van der Waals surface area (Å²) in [4.78, 5) is 28.3. The number of piperidine rings is 1. The van der Waals surface area contributed by atoms with Gasteiger partial charge in [-0.25, -0.2) is 0 Å². The summed E-state index contributed by atoms with van der Waals surface area (Å²) < 4.78 is 0. The summed E-state index contributed by atoms with van der Waals surface area (Å²) in [7, 11) is 0. The number of carbonyl (C=O) groups excluding carboxylic acids is 2. The van der Waals surface area contributed by atoms with Crippen molar-refractivity contribution in [3.05, 3.63) is 0 Å². The second kappa shape index (κ2) is 7.27. The fourth-order valence-electron chi connectivity index (χ4n) is 4.05. The van der Waals surface area contributed by atoms with Gasteiger partial charge in [0.15, 0.2) is 0 Å². The van der Waals surface area contributed by atoms with Gasteiger partial charge in [-0.1, -0.05) is 24.2 Å². The molecule has 3 fully saturated rings. The molecule has 1 N–H and O–H groups in total. The van der Waals surface area contributed by atoms with Crippen LogP contribution in [0.25, 0.3) is 0 Å². The van der Waals surface area contributed by atoms with Crippen LogP contribution in [0.2, 0.25) is 0 Å². The summed E-state index contributed by atoms with van der Waals surface area (Å²) in [6.07, 6.45) is 8.10. The monoisotopic (exact) mass is 363 g/mol. The van der Waals surface area contributed by atoms with Gasteiger partial charge in [0.2, 0.25) is 22.1 Å². The lowest BCUT2D eigenvalue weighted by molar-refractivity contribution is -0.126. The molecule has 1 aromatic heterocycles. The number of anilines is 2. The Labute approximate surface area is 151 Å². The van der Waals surface area contributed by atoms with Gasteiger partial charge in [0.05, 0.1) is 5.92 Å². The Balaban J connectivity index is 1.38. The lowest BCUT2D eigenvalue weighted by atomic mass is 9.97. The molecule has 4 rings (SSSR count). The summed E-state index contributed by atoms with van der Waals surface area (Å²) >= 11 is 1.46. The highest BCUT2D eigenvalue weighted by Crippen LogP contribution is 2.32. The summed E-state index contributed by atoms with van der Waals surface area (Å²) in [5.74, 6) is 0.348. The Morgan fingerprint density at radius 2 is 1.84 bits per heavy atom. The highest BCUT2D eigenvalue weighted by molar-refractivity contribution is 7.19. The molecule has 136 valence electrons. The van der Waals surface area contributed by atoms with Gasteiger partial charge in [-0.3, -0.25) is 14.5 Å². The van der Waals surface area contributed by atoms with Crippen molar-refractivity contribution in [2.75, 3.05) is 29.4 Å². The zero-order chi connectivity index (χ0) is 17.2. The maximum absolute atomic E-state index is 12.6. The van der Waals surface area contributed by atoms with E-state index in [1.165, 1.54) is 24.2 Å². The second-order valence-electron chi connectivity index (χ2n) is 7.29. The first-order valence-corrected chi connectivity index (χ1v) is 10.2. The number of amides is 2. The van der Waals surface area contributed by atoms with Crippen molar-refractivity contribution in [3.63, 3.8) is 0 Å². The van der Waals surface area contributed by atoms with E-state index in [1.807, 2.05) is 0 Å². The standard InChI is InChI=1S/C17H25N5O2S/c23-14-8-4-10-22(14)17-20-19-16(25-17)21-9-3-5-12(11-21)15(24)18-13-6-1-2-7-13/h12-13H,1-11H2,(H,18,24). The van der Waals surface area contributed by atoms with Crippen LogP contribution in [0.4, 0.5) is 10.3 Å². The Bertz CT molecular complexity index is 643. The molecule has 0 aromatic carbocycles. The minimum absolute atomic E-state index is 0.0233. The fourth-order valence-corrected chi connectivity index (χ4v) is 4.97. The van der Waals surface area contributed by atoms with E-state index < -0.39 is 0 Å². The van der Waals surface area contributed by atoms with E-state index in [1.54, 1.807) is 4.90 Å². The van der Waals surface area contributed by atoms with Crippen LogP contribution in [-0.4, -0.2) is 47.7 Å². The SMILES string of the molecule is O=C(NC1CCCC1)C1CCCN(c2nnc(N3CCCC3=O)s2)C1. The molecule has 2 saturated heterocycles. The van der Waals surface area contributed by atoms with E-state index >= 15 is 0 Å². The molecule has 1 unspecified atom stereocenters. The van der Waals surface area contributed by atoms with Gasteiger partial charge in [-0.15, -0.1) is 10.2 Å². The topological polar surface area (TPSA) is 78.4 Å². The summed E-state index contributed by atoms with van der Waals surface area (Å²) in [5, 5.41) is 13.2. The molecule has 0 bridgehead atoms. The quantitative estimate of drug-likeness (QED) is 0.884. The number of nitrogens with zero attached hydrogens (tertiary/aromatic N) is 4. The van der Waals surface area contributed by atoms with Crippen LogP contribution < -0.4 is 15.1 Å². The smallest absolute Gasteiger partial charge is 0.228 e. The van der Waals surface area contributed by atoms with Gasteiger partial charge in [0.25, 0.3) is 0 Å². The molecule has 1 aromatic rings. The number of rotatable bonds is 4. The average molecular weight is 363 g/mol. The van der Waals surface area contributed by atoms with Crippen molar-refractivity contribution in [2.24, 2.45) is 5.92 Å². The minimum Gasteiger partial charge on any atom is -0.353 e. The highest BCUT2D eigenvalue weighted by Gasteiger charge is 2.31. The third kappa shape index (κ3) is 3.63. The van der Waals surface area contributed by atoms with Crippen molar-refractivity contribution in [2.45, 2.75) is 57.4 Å². The predicted octanol–water partition coefficient (Wildman–Crippen LogP) is 1.94. The molecule has 1 atom stereocenters. The lowest BCUT2D eigenvalue weighted by Gasteiger charge is -2.32. The molecule has 2 aliphatic heterocycles. The van der Waals surface area contributed by atoms with E-state index in [0.29, 0.717) is 24.1 Å². The number of carbonyl (C=O) groups is 2. The van der Waals surface area contributed by atoms with Gasteiger partial charge in [0.1, 0.15) is 0 Å². The zero-order valence-corrected chi connectivity index (χ0v) is 15.3. The van der Waals surface area contributed by atoms with Crippen molar-refractivity contribution in [1.82, 2.24) is 15.5 Å². The Morgan fingerprint density at radius 3 is 2.60 bits per heavy atom. The molecule has 2 amide bonds. The van der Waals surface area contributed by atoms with Crippen LogP contribution in [0.1, 0.15) is 51.4 Å². The summed E-state index contributed by atoms with van der Waals surface area (Å²) in [6.45, 7) is 2.33. The molecule has 7 nitrogen and oxygen atoms in total. The van der Waals surface area contributed by atoms with Crippen molar-refractivity contribution in [3.8, 4) is 0 Å². The van der Waals surface area contributed by atoms with Gasteiger partial charge >= 0.3 is 0 Å². The molecular weight excluding hydrogens is 338 g/mol. The third-order valence-corrected chi connectivity index (χ3v) is 6.48. The number of hydrogen-bond acceptors (Lipinski definition) is 6. The number of aromatic nitrogens is 2. The largest absolute Gasteiger partial charge is 0.353 e. The lowest BCUT2D eigenvalue weighted by Crippen LogP contribution is -2.45. The minimum atomic E-state index is 0.0233. The molecule has 25 heavy (non-hydrogen) atoms. The molecular formula is C17H25N5O2S. The third-order valence-electron chi connectivity index (χ3n) is 5.47. The predicted molar refractivity (Wildman–Crippen MR) is 96.8 cm³/mol. The van der Waals surface area contributed by atoms with E-state index in [0.717, 1.165) is 50.3 Å². The van der Waals surface area contributed by atoms with Crippen molar-refractivity contribution < 1.29 is 9.59 Å². The second-order valence-corrected chi connectivity index (χ2v) is 8.23. The molecule has 3 aliphatic rings. The Kier molecular flexibility index (Phi) is 4.87. The van der Waals surface area contributed by atoms with Gasteiger partial charge in [-0.2, -0.15) is 0 Å². The highest BCUT2D eigenvalue weighted by atomic mass is 32.1. The molecule has 0 radical (unpaired) electrons. The maximum Gasteiger partial charge on any atom is 0.228 e. The summed E-state index contributed by atoms with van der Waals surface area (Å²) in [6, 6.07) is 0.372. The average Bonchev–Trinajstić information content (AvgIpc) is 3.36. The first-order valence-electron chi connectivity index (χ1n) is 9.40. The first kappa shape index (κ1) is 16.8. The Hall–Kier alpha value is -1.70. The van der Waals surface area contributed by atoms with E-state index in [9.17, 15) is 9.59 Å². The molecule has 8 heteroatoms. The van der Waals surface area contributed by atoms with E-state index in [2.05, 4.69) is 20.4 Å². The molecule has 3 heterocycles. The van der Waals surface area contributed by atoms with Crippen LogP contribution in [0.3, 0.4) is 0 Å². The number of nitrogens with one attached hydrogen (secondary N) is 1. The van der Waals surface area contributed by atoms with Gasteiger partial charge < -0.3 is 10.2 Å². The maximum atomic E-state index is 12.6. The van der Waals surface area contributed by atoms with E-state index in [4.69, 9.17) is 0 Å². The van der Waals surface area contributed by atoms with Crippen LogP contribution in [0.15, 0.2) is 0 Å². The van der Waals surface area contributed by atoms with Crippen molar-refractivity contribution in [1.29, 1.82) is 0 Å². The number of hydrogen-bond donors (Lipinski definition) is 1. The normalized spacial score (nSPS) is 25.0. The first-order chi connectivity index (χ1) is 12.2. The van der Waals surface area contributed by atoms with Crippen LogP contribution in [0.5, 0.6) is 0 Å². The Morgan fingerprint density at radius 1 is 1.04 bits per heavy atom.